The molecule has 7 rings (SSSR count). The van der Waals surface area contributed by atoms with Gasteiger partial charge in [0.05, 0.1) is 23.8 Å². The van der Waals surface area contributed by atoms with Crippen LogP contribution in [0.15, 0.2) is 48.1 Å². The van der Waals surface area contributed by atoms with E-state index in [4.69, 9.17) is 10.7 Å². The van der Waals surface area contributed by atoms with Gasteiger partial charge < -0.3 is 15.6 Å². The highest BCUT2D eigenvalue weighted by Gasteiger charge is 2.46. The minimum atomic E-state index is -3.74. The van der Waals surface area contributed by atoms with Crippen molar-refractivity contribution in [3.63, 3.8) is 0 Å². The summed E-state index contributed by atoms with van der Waals surface area (Å²) in [6.45, 7) is 0. The number of nitrogens with zero attached hydrogens (tertiary/aromatic N) is 8. The first kappa shape index (κ1) is 24.4. The van der Waals surface area contributed by atoms with Crippen LogP contribution < -0.4 is 5.73 Å². The van der Waals surface area contributed by atoms with E-state index in [1.807, 2.05) is 17.0 Å². The van der Waals surface area contributed by atoms with Crippen LogP contribution in [0.2, 0.25) is 0 Å². The number of anilines is 1. The third-order valence-electron chi connectivity index (χ3n) is 7.88. The summed E-state index contributed by atoms with van der Waals surface area (Å²) in [4.78, 5) is 27.2. The summed E-state index contributed by atoms with van der Waals surface area (Å²) >= 11 is 0. The number of piperidine rings is 1. The smallest absolute Gasteiger partial charge is 0.292 e. The van der Waals surface area contributed by atoms with Crippen LogP contribution in [0.1, 0.15) is 47.9 Å². The molecule has 2 aliphatic heterocycles. The zero-order chi connectivity index (χ0) is 27.6. The van der Waals surface area contributed by atoms with Gasteiger partial charge in [0.25, 0.3) is 5.91 Å². The zero-order valence-corrected chi connectivity index (χ0v) is 22.2. The summed E-state index contributed by atoms with van der Waals surface area (Å²) in [7, 11) is -3.74. The molecule has 14 nitrogen and oxygen atoms in total. The molecule has 0 spiro atoms. The van der Waals surface area contributed by atoms with Crippen LogP contribution in [0, 0.1) is 0 Å². The van der Waals surface area contributed by atoms with Crippen molar-refractivity contribution < 1.29 is 13.2 Å². The number of hydrogen-bond donors (Lipinski definition) is 3. The number of rotatable bonds is 5. The molecule has 40 heavy (non-hydrogen) atoms. The molecule has 5 aromatic heterocycles. The molecule has 0 aliphatic carbocycles. The highest BCUT2D eigenvalue weighted by Crippen LogP contribution is 2.45. The Bertz CT molecular complexity index is 1820. The average molecular weight is 560 g/mol. The molecular weight excluding hydrogens is 534 g/mol. The van der Waals surface area contributed by atoms with Gasteiger partial charge in [-0.05, 0) is 31.7 Å². The number of aromatic nitrogens is 9. The first-order valence-electron chi connectivity index (χ1n) is 12.8. The van der Waals surface area contributed by atoms with E-state index in [-0.39, 0.29) is 40.4 Å². The highest BCUT2D eigenvalue weighted by atomic mass is 32.2. The monoisotopic (exact) mass is 559 g/mol. The van der Waals surface area contributed by atoms with Gasteiger partial charge in [-0.1, -0.05) is 6.07 Å². The van der Waals surface area contributed by atoms with Gasteiger partial charge in [-0.25, -0.2) is 13.4 Å². The Balaban J connectivity index is 1.29. The summed E-state index contributed by atoms with van der Waals surface area (Å²) < 4.78 is 27.4. The molecule has 4 N–H and O–H groups in total. The number of nitrogen functional groups attached to an aromatic ring is 1. The fourth-order valence-electron chi connectivity index (χ4n) is 6.16. The SMILES string of the molecule is CS(=O)(=O)c1c([C@H]2C[C@H]3CC[C@@H](C2)N3C(=O)c2nnc[nH]2)nc2c(-c3ccc(-c4cn[nH]c4)nc3)cnn2c1N. The van der Waals surface area contributed by atoms with Crippen LogP contribution in [-0.4, -0.2) is 82.5 Å². The Morgan fingerprint density at radius 3 is 2.52 bits per heavy atom. The lowest BCUT2D eigenvalue weighted by Gasteiger charge is -2.38. The van der Waals surface area contributed by atoms with E-state index < -0.39 is 9.84 Å². The van der Waals surface area contributed by atoms with Crippen molar-refractivity contribution in [1.29, 1.82) is 0 Å². The van der Waals surface area contributed by atoms with Gasteiger partial charge >= 0.3 is 0 Å². The van der Waals surface area contributed by atoms with Crippen LogP contribution in [-0.2, 0) is 9.84 Å². The number of nitrogens with two attached hydrogens (primary N) is 1. The maximum absolute atomic E-state index is 13.1. The van der Waals surface area contributed by atoms with E-state index in [1.54, 1.807) is 24.8 Å². The van der Waals surface area contributed by atoms with Gasteiger partial charge in [-0.2, -0.15) is 14.7 Å². The van der Waals surface area contributed by atoms with Crippen molar-refractivity contribution in [3.05, 3.63) is 54.8 Å². The molecule has 0 saturated carbocycles. The molecule has 204 valence electrons. The predicted molar refractivity (Wildman–Crippen MR) is 143 cm³/mol. The molecule has 0 aromatic carbocycles. The maximum Gasteiger partial charge on any atom is 0.292 e. The lowest BCUT2D eigenvalue weighted by atomic mass is 9.87. The summed E-state index contributed by atoms with van der Waals surface area (Å²) in [5, 5.41) is 18.7. The first-order valence-corrected chi connectivity index (χ1v) is 14.7. The van der Waals surface area contributed by atoms with E-state index in [9.17, 15) is 13.2 Å². The van der Waals surface area contributed by atoms with Gasteiger partial charge in [0.15, 0.2) is 15.5 Å². The topological polar surface area (TPSA) is 194 Å². The summed E-state index contributed by atoms with van der Waals surface area (Å²) in [5.41, 5.74) is 10.4. The van der Waals surface area contributed by atoms with Crippen molar-refractivity contribution in [1.82, 2.24) is 49.9 Å². The Morgan fingerprint density at radius 2 is 1.90 bits per heavy atom. The molecule has 15 heteroatoms. The Hall–Kier alpha value is -4.66. The van der Waals surface area contributed by atoms with Crippen molar-refractivity contribution in [2.75, 3.05) is 12.0 Å². The van der Waals surface area contributed by atoms with Crippen molar-refractivity contribution in [3.8, 4) is 22.4 Å². The highest BCUT2D eigenvalue weighted by molar-refractivity contribution is 7.91. The number of pyridine rings is 1. The number of aromatic amines is 2. The van der Waals surface area contributed by atoms with E-state index in [1.165, 1.54) is 10.8 Å². The van der Waals surface area contributed by atoms with Crippen molar-refractivity contribution in [2.24, 2.45) is 0 Å². The second-order valence-corrected chi connectivity index (χ2v) is 12.3. The fourth-order valence-corrected chi connectivity index (χ4v) is 7.22. The van der Waals surface area contributed by atoms with Gasteiger partial charge in [-0.15, -0.1) is 10.2 Å². The van der Waals surface area contributed by atoms with E-state index in [2.05, 4.69) is 35.5 Å². The summed E-state index contributed by atoms with van der Waals surface area (Å²) in [6, 6.07) is 3.63. The molecule has 3 atom stereocenters. The van der Waals surface area contributed by atoms with Crippen LogP contribution >= 0.6 is 0 Å². The Labute approximate surface area is 228 Å². The molecule has 2 bridgehead atoms. The fraction of sp³-hybridized carbons (Fsp3) is 0.320. The largest absolute Gasteiger partial charge is 0.382 e. The second kappa shape index (κ2) is 8.94. The number of nitrogens with one attached hydrogen (secondary N) is 2. The third kappa shape index (κ3) is 3.84. The van der Waals surface area contributed by atoms with Gasteiger partial charge in [0.1, 0.15) is 17.0 Å². The normalized spacial score (nSPS) is 20.8. The molecule has 1 amide bonds. The van der Waals surface area contributed by atoms with Crippen molar-refractivity contribution in [2.45, 2.75) is 48.6 Å². The Kier molecular flexibility index (Phi) is 5.45. The minimum absolute atomic E-state index is 0.0116. The van der Waals surface area contributed by atoms with E-state index in [0.717, 1.165) is 35.9 Å². The van der Waals surface area contributed by atoms with Crippen LogP contribution in [0.25, 0.3) is 28.0 Å². The Morgan fingerprint density at radius 1 is 1.10 bits per heavy atom. The standard InChI is InChI=1S/C25H25N11O3S/c1-40(38,39)21-20(14-6-16-3-4-17(7-14)35(16)25(37)23-28-12-31-34-23)33-24-18(11-32-36(24)22(21)26)13-2-5-19(27-8-13)15-9-29-30-10-15/h2,5,8-12,14,16-17H,3-4,6-7,26H2,1H3,(H,29,30)(H,28,31,34)/t14-,16+,17-. The number of sulfone groups is 1. The number of hydrogen-bond acceptors (Lipinski definition) is 10. The van der Waals surface area contributed by atoms with Crippen molar-refractivity contribution >= 4 is 27.2 Å². The van der Waals surface area contributed by atoms with E-state index in [0.29, 0.717) is 29.7 Å². The van der Waals surface area contributed by atoms with Crippen LogP contribution in [0.4, 0.5) is 5.82 Å². The number of carbonyl (C=O) groups excluding carboxylic acids is 1. The predicted octanol–water partition coefficient (Wildman–Crippen LogP) is 1.84. The molecule has 5 aromatic rings. The van der Waals surface area contributed by atoms with Crippen LogP contribution in [0.5, 0.6) is 0 Å². The third-order valence-corrected chi connectivity index (χ3v) is 9.04. The molecule has 0 radical (unpaired) electrons. The van der Waals surface area contributed by atoms with Crippen LogP contribution in [0.3, 0.4) is 0 Å². The molecule has 7 heterocycles. The maximum atomic E-state index is 13.1. The summed E-state index contributed by atoms with van der Waals surface area (Å²) in [5.74, 6) is -0.187. The lowest BCUT2D eigenvalue weighted by Crippen LogP contribution is -2.46. The molecular formula is C25H25N11O3S. The second-order valence-electron chi connectivity index (χ2n) is 10.3. The molecule has 2 fully saturated rings. The minimum Gasteiger partial charge on any atom is -0.382 e. The van der Waals surface area contributed by atoms with E-state index >= 15 is 0 Å². The first-order chi connectivity index (χ1) is 19.3. The van der Waals surface area contributed by atoms with Gasteiger partial charge in [0.2, 0.25) is 5.82 Å². The van der Waals surface area contributed by atoms with Gasteiger partial charge in [-0.3, -0.25) is 14.9 Å². The molecule has 2 aliphatic rings. The zero-order valence-electron chi connectivity index (χ0n) is 21.4. The number of H-pyrrole nitrogens is 2. The molecule has 0 unspecified atom stereocenters. The molecule has 2 saturated heterocycles. The quantitative estimate of drug-likeness (QED) is 0.286. The number of carbonyl (C=O) groups is 1. The number of amides is 1. The average Bonchev–Trinajstić information content (AvgIpc) is 3.74. The lowest BCUT2D eigenvalue weighted by molar-refractivity contribution is 0.0556. The number of fused-ring (bicyclic) bond motifs is 3. The summed E-state index contributed by atoms with van der Waals surface area (Å²) in [6.07, 6.45) is 12.1. The van der Waals surface area contributed by atoms with Gasteiger partial charge in [0, 0.05) is 53.3 Å².